The van der Waals surface area contributed by atoms with Crippen molar-refractivity contribution in [2.45, 2.75) is 26.3 Å². The molecule has 1 unspecified atom stereocenters. The maximum atomic E-state index is 13.4. The van der Waals surface area contributed by atoms with Crippen molar-refractivity contribution >= 4 is 28.5 Å². The summed E-state index contributed by atoms with van der Waals surface area (Å²) in [6, 6.07) is 10.8. The summed E-state index contributed by atoms with van der Waals surface area (Å²) in [5.74, 6) is -0.197. The molecule has 0 bridgehead atoms. The minimum atomic E-state index is -0.507. The monoisotopic (exact) mass is 393 g/mol. The summed E-state index contributed by atoms with van der Waals surface area (Å²) in [6.07, 6.45) is 2.57. The molecule has 3 aromatic rings. The molecule has 0 N–H and O–H groups in total. The Balaban J connectivity index is 2.00. The van der Waals surface area contributed by atoms with Crippen LogP contribution >= 0.6 is 11.6 Å². The van der Waals surface area contributed by atoms with Crippen molar-refractivity contribution in [3.05, 3.63) is 92.3 Å². The summed E-state index contributed by atoms with van der Waals surface area (Å²) in [5, 5.41) is 0.883. The number of fused-ring (bicyclic) bond motifs is 2. The molecule has 4 nitrogen and oxygen atoms in total. The standard InChI is InChI=1S/C23H20ClNO3/c1-4-10-25-20(15-8-6-14(5-2)7-9-15)19-21(26)16-12-17(24)13(3)11-18(16)28-22(19)23(25)27/h4,6-9,11-12,20H,1,5,10H2,2-3H3. The number of nitrogens with zero attached hydrogens (tertiary/aromatic N) is 1. The van der Waals surface area contributed by atoms with Gasteiger partial charge in [-0.25, -0.2) is 0 Å². The van der Waals surface area contributed by atoms with Gasteiger partial charge in [-0.3, -0.25) is 9.59 Å². The maximum Gasteiger partial charge on any atom is 0.291 e. The molecular weight excluding hydrogens is 374 g/mol. The lowest BCUT2D eigenvalue weighted by Crippen LogP contribution is -2.29. The molecule has 0 fully saturated rings. The second kappa shape index (κ2) is 6.95. The summed E-state index contributed by atoms with van der Waals surface area (Å²) in [6.45, 7) is 7.99. The Morgan fingerprint density at radius 2 is 1.93 bits per heavy atom. The SMILES string of the molecule is C=CCN1C(=O)c2oc3cc(C)c(Cl)cc3c(=O)c2C1c1ccc(CC)cc1. The average Bonchev–Trinajstić information content (AvgIpc) is 2.96. The topological polar surface area (TPSA) is 50.5 Å². The lowest BCUT2D eigenvalue weighted by atomic mass is 9.97. The van der Waals surface area contributed by atoms with Crippen molar-refractivity contribution in [2.75, 3.05) is 6.54 Å². The summed E-state index contributed by atoms with van der Waals surface area (Å²) in [7, 11) is 0. The van der Waals surface area contributed by atoms with E-state index in [1.54, 1.807) is 23.1 Å². The highest BCUT2D eigenvalue weighted by Gasteiger charge is 2.42. The highest BCUT2D eigenvalue weighted by atomic mass is 35.5. The van der Waals surface area contributed by atoms with E-state index in [4.69, 9.17) is 16.0 Å². The van der Waals surface area contributed by atoms with E-state index in [0.717, 1.165) is 17.5 Å². The molecule has 4 rings (SSSR count). The first-order chi connectivity index (χ1) is 13.5. The van der Waals surface area contributed by atoms with Crippen LogP contribution in [0.15, 0.2) is 58.3 Å². The number of amides is 1. The van der Waals surface area contributed by atoms with E-state index in [2.05, 4.69) is 13.5 Å². The number of hydrogen-bond acceptors (Lipinski definition) is 3. The largest absolute Gasteiger partial charge is 0.450 e. The van der Waals surface area contributed by atoms with Crippen LogP contribution in [0, 0.1) is 6.92 Å². The summed E-state index contributed by atoms with van der Waals surface area (Å²) in [5.41, 5.74) is 3.37. The van der Waals surface area contributed by atoms with Gasteiger partial charge in [0.1, 0.15) is 5.58 Å². The fraction of sp³-hybridized carbons (Fsp3) is 0.217. The Morgan fingerprint density at radius 3 is 2.57 bits per heavy atom. The van der Waals surface area contributed by atoms with E-state index in [9.17, 15) is 9.59 Å². The zero-order chi connectivity index (χ0) is 20.0. The van der Waals surface area contributed by atoms with Crippen LogP contribution in [0.25, 0.3) is 11.0 Å². The fourth-order valence-corrected chi connectivity index (χ4v) is 3.91. The number of carbonyl (C=O) groups is 1. The molecule has 0 saturated carbocycles. The molecule has 0 aliphatic carbocycles. The fourth-order valence-electron chi connectivity index (χ4n) is 3.75. The van der Waals surface area contributed by atoms with Crippen LogP contribution in [0.2, 0.25) is 5.02 Å². The zero-order valence-electron chi connectivity index (χ0n) is 15.8. The van der Waals surface area contributed by atoms with Crippen molar-refractivity contribution in [1.82, 2.24) is 4.90 Å². The Labute approximate surface area is 168 Å². The van der Waals surface area contributed by atoms with Crippen LogP contribution in [0.4, 0.5) is 0 Å². The van der Waals surface area contributed by atoms with Crippen molar-refractivity contribution in [2.24, 2.45) is 0 Å². The highest BCUT2D eigenvalue weighted by Crippen LogP contribution is 2.38. The molecule has 1 atom stereocenters. The molecule has 0 spiro atoms. The highest BCUT2D eigenvalue weighted by molar-refractivity contribution is 6.32. The van der Waals surface area contributed by atoms with E-state index in [1.807, 2.05) is 31.2 Å². The molecule has 142 valence electrons. The van der Waals surface area contributed by atoms with Crippen LogP contribution in [-0.4, -0.2) is 17.4 Å². The molecule has 1 amide bonds. The van der Waals surface area contributed by atoms with Crippen molar-refractivity contribution < 1.29 is 9.21 Å². The molecular formula is C23H20ClNO3. The molecule has 0 saturated heterocycles. The van der Waals surface area contributed by atoms with E-state index >= 15 is 0 Å². The first-order valence-electron chi connectivity index (χ1n) is 9.23. The summed E-state index contributed by atoms with van der Waals surface area (Å²) < 4.78 is 5.92. The van der Waals surface area contributed by atoms with E-state index in [0.29, 0.717) is 28.1 Å². The van der Waals surface area contributed by atoms with Gasteiger partial charge in [0, 0.05) is 11.6 Å². The number of benzene rings is 2. The van der Waals surface area contributed by atoms with E-state index in [1.165, 1.54) is 5.56 Å². The van der Waals surface area contributed by atoms with Crippen LogP contribution in [0.1, 0.15) is 45.8 Å². The predicted octanol–water partition coefficient (Wildman–Crippen LogP) is 5.05. The predicted molar refractivity (Wildman–Crippen MR) is 111 cm³/mol. The van der Waals surface area contributed by atoms with Gasteiger partial charge in [0.15, 0.2) is 5.43 Å². The number of carbonyl (C=O) groups excluding carboxylic acids is 1. The van der Waals surface area contributed by atoms with Crippen molar-refractivity contribution in [3.8, 4) is 0 Å². The third-order valence-corrected chi connectivity index (χ3v) is 5.68. The van der Waals surface area contributed by atoms with Crippen LogP contribution < -0.4 is 5.43 Å². The minimum absolute atomic E-state index is 0.102. The molecule has 1 aromatic heterocycles. The van der Waals surface area contributed by atoms with Crippen LogP contribution in [0.3, 0.4) is 0 Å². The molecule has 5 heteroatoms. The van der Waals surface area contributed by atoms with Gasteiger partial charge in [-0.2, -0.15) is 0 Å². The minimum Gasteiger partial charge on any atom is -0.450 e. The second-order valence-electron chi connectivity index (χ2n) is 7.02. The lowest BCUT2D eigenvalue weighted by Gasteiger charge is -2.23. The Hall–Kier alpha value is -2.85. The van der Waals surface area contributed by atoms with Gasteiger partial charge in [-0.1, -0.05) is 48.9 Å². The summed E-state index contributed by atoms with van der Waals surface area (Å²) >= 11 is 6.23. The van der Waals surface area contributed by atoms with Crippen LogP contribution in [-0.2, 0) is 6.42 Å². The Kier molecular flexibility index (Phi) is 4.60. The first kappa shape index (κ1) is 18.5. The van der Waals surface area contributed by atoms with Gasteiger partial charge >= 0.3 is 0 Å². The third-order valence-electron chi connectivity index (χ3n) is 5.28. The normalized spacial score (nSPS) is 15.9. The number of aryl methyl sites for hydroxylation is 2. The molecule has 1 aliphatic rings. The molecule has 0 radical (unpaired) electrons. The zero-order valence-corrected chi connectivity index (χ0v) is 16.5. The quantitative estimate of drug-likeness (QED) is 0.583. The number of halogens is 1. The summed E-state index contributed by atoms with van der Waals surface area (Å²) in [4.78, 5) is 28.0. The maximum absolute atomic E-state index is 13.4. The lowest BCUT2D eigenvalue weighted by molar-refractivity contribution is 0.0748. The van der Waals surface area contributed by atoms with Gasteiger partial charge in [0.2, 0.25) is 5.76 Å². The number of rotatable bonds is 4. The molecule has 28 heavy (non-hydrogen) atoms. The van der Waals surface area contributed by atoms with Crippen LogP contribution in [0.5, 0.6) is 0 Å². The van der Waals surface area contributed by atoms with Crippen molar-refractivity contribution in [3.63, 3.8) is 0 Å². The molecule has 1 aliphatic heterocycles. The van der Waals surface area contributed by atoms with Gasteiger partial charge in [-0.05, 0) is 42.2 Å². The second-order valence-corrected chi connectivity index (χ2v) is 7.42. The van der Waals surface area contributed by atoms with Gasteiger partial charge < -0.3 is 9.32 Å². The Morgan fingerprint density at radius 1 is 1.21 bits per heavy atom. The molecule has 2 heterocycles. The van der Waals surface area contributed by atoms with Crippen molar-refractivity contribution in [1.29, 1.82) is 0 Å². The van der Waals surface area contributed by atoms with Gasteiger partial charge in [0.25, 0.3) is 5.91 Å². The smallest absolute Gasteiger partial charge is 0.291 e. The first-order valence-corrected chi connectivity index (χ1v) is 9.61. The Bertz CT molecular complexity index is 1160. The average molecular weight is 394 g/mol. The van der Waals surface area contributed by atoms with Gasteiger partial charge in [-0.15, -0.1) is 6.58 Å². The number of hydrogen-bond donors (Lipinski definition) is 0. The third kappa shape index (κ3) is 2.76. The van der Waals surface area contributed by atoms with E-state index in [-0.39, 0.29) is 17.1 Å². The van der Waals surface area contributed by atoms with Gasteiger partial charge in [0.05, 0.1) is 17.0 Å². The molecule has 2 aromatic carbocycles. The van der Waals surface area contributed by atoms with E-state index < -0.39 is 6.04 Å².